The molecular weight excluding hydrogens is 466 g/mol. The molecule has 4 aromatic rings. The predicted molar refractivity (Wildman–Crippen MR) is 137 cm³/mol. The molecule has 0 fully saturated rings. The lowest BCUT2D eigenvalue weighted by Crippen LogP contribution is -2.21. The molecule has 0 bridgehead atoms. The quantitative estimate of drug-likeness (QED) is 0.208. The highest BCUT2D eigenvalue weighted by molar-refractivity contribution is 7.20. The van der Waals surface area contributed by atoms with Crippen LogP contribution < -0.4 is 25.3 Å². The lowest BCUT2D eigenvalue weighted by molar-refractivity contribution is 0.0909. The zero-order valence-electron chi connectivity index (χ0n) is 19.2. The molecule has 0 saturated carbocycles. The van der Waals surface area contributed by atoms with Gasteiger partial charge in [-0.15, -0.1) is 11.3 Å². The van der Waals surface area contributed by atoms with Crippen molar-refractivity contribution >= 4 is 39.0 Å². The lowest BCUT2D eigenvalue weighted by atomic mass is 10.1. The molecule has 4 N–H and O–H groups in total. The predicted octanol–water partition coefficient (Wildman–Crippen LogP) is 5.57. The van der Waals surface area contributed by atoms with Crippen LogP contribution in [-0.2, 0) is 4.74 Å². The van der Waals surface area contributed by atoms with Gasteiger partial charge >= 0.3 is 6.09 Å². The molecule has 3 aromatic carbocycles. The smallest absolute Gasteiger partial charge is 0.411 e. The SMILES string of the molecule is COc1cccc(OC)c1NC(=O)OCC(Oc1cccc2sc(C(=N)N)cc12)c1ccccc1. The molecule has 9 heteroatoms. The Balaban J connectivity index is 1.55. The third kappa shape index (κ3) is 5.47. The summed E-state index contributed by atoms with van der Waals surface area (Å²) in [6.07, 6.45) is -1.25. The van der Waals surface area contributed by atoms with Crippen molar-refractivity contribution in [3.8, 4) is 17.2 Å². The van der Waals surface area contributed by atoms with E-state index >= 15 is 0 Å². The Labute approximate surface area is 206 Å². The van der Waals surface area contributed by atoms with Crippen LogP contribution in [0.15, 0.2) is 72.8 Å². The van der Waals surface area contributed by atoms with Gasteiger partial charge in [0.25, 0.3) is 0 Å². The number of rotatable bonds is 9. The third-order valence-corrected chi connectivity index (χ3v) is 6.38. The number of amides is 1. The molecule has 0 aliphatic rings. The first-order chi connectivity index (χ1) is 17.0. The molecule has 1 unspecified atom stereocenters. The second-order valence-electron chi connectivity index (χ2n) is 7.47. The summed E-state index contributed by atoms with van der Waals surface area (Å²) in [6.45, 7) is -0.0482. The molecular formula is C26H25N3O5S. The first-order valence-electron chi connectivity index (χ1n) is 10.7. The molecule has 0 radical (unpaired) electrons. The Morgan fingerprint density at radius 1 is 0.971 bits per heavy atom. The third-order valence-electron chi connectivity index (χ3n) is 5.25. The molecule has 0 aliphatic carbocycles. The van der Waals surface area contributed by atoms with Crippen molar-refractivity contribution in [2.75, 3.05) is 26.1 Å². The highest BCUT2D eigenvalue weighted by Gasteiger charge is 2.20. The number of nitrogens with two attached hydrogens (primary N) is 1. The Morgan fingerprint density at radius 2 is 1.63 bits per heavy atom. The molecule has 1 heterocycles. The summed E-state index contributed by atoms with van der Waals surface area (Å²) in [5.74, 6) is 1.50. The van der Waals surface area contributed by atoms with E-state index in [-0.39, 0.29) is 12.4 Å². The van der Waals surface area contributed by atoms with Gasteiger partial charge in [-0.2, -0.15) is 0 Å². The number of hydrogen-bond donors (Lipinski definition) is 3. The van der Waals surface area contributed by atoms with Gasteiger partial charge in [-0.1, -0.05) is 42.5 Å². The highest BCUT2D eigenvalue weighted by Crippen LogP contribution is 2.36. The number of amidine groups is 1. The summed E-state index contributed by atoms with van der Waals surface area (Å²) >= 11 is 1.42. The summed E-state index contributed by atoms with van der Waals surface area (Å²) in [4.78, 5) is 13.4. The first-order valence-corrected chi connectivity index (χ1v) is 11.5. The standard InChI is InChI=1S/C26H25N3O5S/c1-31-19-11-6-12-20(32-2)24(19)29-26(30)33-15-21(16-8-4-3-5-9-16)34-18-10-7-13-22-17(18)14-23(35-22)25(27)28/h3-14,21H,15H2,1-2H3,(H3,27,28)(H,29,30). The van der Waals surface area contributed by atoms with Crippen LogP contribution in [0.25, 0.3) is 10.1 Å². The molecule has 1 aromatic heterocycles. The van der Waals surface area contributed by atoms with Crippen LogP contribution in [0, 0.1) is 5.41 Å². The van der Waals surface area contributed by atoms with Crippen molar-refractivity contribution < 1.29 is 23.7 Å². The van der Waals surface area contributed by atoms with Crippen LogP contribution in [0.4, 0.5) is 10.5 Å². The molecule has 1 amide bonds. The van der Waals surface area contributed by atoms with Gasteiger partial charge in [0.2, 0.25) is 0 Å². The normalized spacial score (nSPS) is 11.5. The largest absolute Gasteiger partial charge is 0.494 e. The fourth-order valence-electron chi connectivity index (χ4n) is 3.55. The maximum atomic E-state index is 12.7. The van der Waals surface area contributed by atoms with Crippen LogP contribution in [0.5, 0.6) is 17.2 Å². The van der Waals surface area contributed by atoms with Gasteiger partial charge < -0.3 is 24.7 Å². The average molecular weight is 492 g/mol. The number of hydrogen-bond acceptors (Lipinski definition) is 7. The minimum Gasteiger partial charge on any atom is -0.494 e. The monoisotopic (exact) mass is 491 g/mol. The first kappa shape index (κ1) is 23.9. The van der Waals surface area contributed by atoms with E-state index in [9.17, 15) is 4.79 Å². The van der Waals surface area contributed by atoms with E-state index in [0.29, 0.717) is 27.8 Å². The number of carbonyl (C=O) groups excluding carboxylic acids is 1. The number of para-hydroxylation sites is 1. The lowest BCUT2D eigenvalue weighted by Gasteiger charge is -2.21. The molecule has 1 atom stereocenters. The fraction of sp³-hybridized carbons (Fsp3) is 0.154. The second-order valence-corrected chi connectivity index (χ2v) is 8.55. The van der Waals surface area contributed by atoms with Gasteiger partial charge in [0.1, 0.15) is 35.4 Å². The van der Waals surface area contributed by atoms with Crippen molar-refractivity contribution in [1.29, 1.82) is 5.41 Å². The average Bonchev–Trinajstić information content (AvgIpc) is 3.33. The van der Waals surface area contributed by atoms with E-state index < -0.39 is 12.2 Å². The van der Waals surface area contributed by atoms with Crippen molar-refractivity contribution in [2.45, 2.75) is 6.10 Å². The Bertz CT molecular complexity index is 1320. The topological polar surface area (TPSA) is 116 Å². The molecule has 4 rings (SSSR count). The van der Waals surface area contributed by atoms with Gasteiger partial charge in [-0.05, 0) is 35.9 Å². The summed E-state index contributed by atoms with van der Waals surface area (Å²) in [5.41, 5.74) is 6.89. The Kier molecular flexibility index (Phi) is 7.37. The number of thiophene rings is 1. The molecule has 0 spiro atoms. The van der Waals surface area contributed by atoms with E-state index in [4.69, 9.17) is 30.1 Å². The summed E-state index contributed by atoms with van der Waals surface area (Å²) in [6, 6.07) is 22.2. The zero-order chi connectivity index (χ0) is 24.8. The van der Waals surface area contributed by atoms with Gasteiger partial charge in [0, 0.05) is 10.1 Å². The number of fused-ring (bicyclic) bond motifs is 1. The van der Waals surface area contributed by atoms with Gasteiger partial charge in [0.05, 0.1) is 19.1 Å². The number of benzene rings is 3. The van der Waals surface area contributed by atoms with Crippen LogP contribution >= 0.6 is 11.3 Å². The second kappa shape index (κ2) is 10.8. The molecule has 0 aliphatic heterocycles. The number of methoxy groups -OCH3 is 2. The van der Waals surface area contributed by atoms with E-state index in [1.807, 2.05) is 54.6 Å². The number of ether oxygens (including phenoxy) is 4. The summed E-state index contributed by atoms with van der Waals surface area (Å²) in [5, 5.41) is 11.3. The van der Waals surface area contributed by atoms with E-state index in [2.05, 4.69) is 5.32 Å². The number of anilines is 1. The van der Waals surface area contributed by atoms with E-state index in [1.54, 1.807) is 18.2 Å². The van der Waals surface area contributed by atoms with Crippen LogP contribution in [0.3, 0.4) is 0 Å². The van der Waals surface area contributed by atoms with Crippen molar-refractivity contribution in [3.05, 3.63) is 83.2 Å². The number of nitrogens with one attached hydrogen (secondary N) is 2. The van der Waals surface area contributed by atoms with Gasteiger partial charge in [0.15, 0.2) is 6.10 Å². The van der Waals surface area contributed by atoms with Gasteiger partial charge in [-0.3, -0.25) is 10.7 Å². The van der Waals surface area contributed by atoms with Crippen molar-refractivity contribution in [3.63, 3.8) is 0 Å². The minimum atomic E-state index is -0.676. The highest BCUT2D eigenvalue weighted by atomic mass is 32.1. The molecule has 0 saturated heterocycles. The summed E-state index contributed by atoms with van der Waals surface area (Å²) < 4.78 is 23.5. The maximum absolute atomic E-state index is 12.7. The molecule has 35 heavy (non-hydrogen) atoms. The van der Waals surface area contributed by atoms with Crippen molar-refractivity contribution in [2.24, 2.45) is 5.73 Å². The zero-order valence-corrected chi connectivity index (χ0v) is 20.1. The van der Waals surface area contributed by atoms with Crippen LogP contribution in [-0.4, -0.2) is 32.8 Å². The Hall–Kier alpha value is -4.24. The summed E-state index contributed by atoms with van der Waals surface area (Å²) in [7, 11) is 3.01. The number of nitrogen functional groups attached to an aromatic ring is 1. The van der Waals surface area contributed by atoms with E-state index in [1.165, 1.54) is 25.6 Å². The fourth-order valence-corrected chi connectivity index (χ4v) is 4.49. The van der Waals surface area contributed by atoms with E-state index in [0.717, 1.165) is 15.6 Å². The molecule has 8 nitrogen and oxygen atoms in total. The minimum absolute atomic E-state index is 0.00327. The van der Waals surface area contributed by atoms with Crippen molar-refractivity contribution in [1.82, 2.24) is 0 Å². The maximum Gasteiger partial charge on any atom is 0.411 e. The van der Waals surface area contributed by atoms with Gasteiger partial charge in [-0.25, -0.2) is 4.79 Å². The number of carbonyl (C=O) groups is 1. The van der Waals surface area contributed by atoms with Crippen LogP contribution in [0.2, 0.25) is 0 Å². The molecule has 180 valence electrons. The Morgan fingerprint density at radius 3 is 2.29 bits per heavy atom. The van der Waals surface area contributed by atoms with Crippen LogP contribution in [0.1, 0.15) is 16.5 Å².